The summed E-state index contributed by atoms with van der Waals surface area (Å²) in [5, 5.41) is 0.736. The quantitative estimate of drug-likeness (QED) is 0.430. The summed E-state index contributed by atoms with van der Waals surface area (Å²) in [5.74, 6) is 6.53. The summed E-state index contributed by atoms with van der Waals surface area (Å²) in [5.41, 5.74) is 5.02. The van der Waals surface area contributed by atoms with Crippen LogP contribution in [0.3, 0.4) is 0 Å². The van der Waals surface area contributed by atoms with Crippen LogP contribution >= 0.6 is 11.6 Å². The molecule has 1 aliphatic rings. The van der Waals surface area contributed by atoms with E-state index in [2.05, 4.69) is 5.43 Å². The number of hydrazine groups is 1. The second-order valence-corrected chi connectivity index (χ2v) is 5.22. The molecule has 0 aliphatic carbocycles. The summed E-state index contributed by atoms with van der Waals surface area (Å²) in [4.78, 5) is 0. The molecule has 1 aliphatic heterocycles. The highest BCUT2D eigenvalue weighted by atomic mass is 35.5. The lowest BCUT2D eigenvalue weighted by Crippen LogP contribution is -2.40. The van der Waals surface area contributed by atoms with Gasteiger partial charge in [0.25, 0.3) is 0 Å². The second-order valence-electron chi connectivity index (χ2n) is 4.79. The van der Waals surface area contributed by atoms with Gasteiger partial charge in [0.15, 0.2) is 0 Å². The Labute approximate surface area is 124 Å². The number of rotatable bonds is 8. The van der Waals surface area contributed by atoms with Crippen molar-refractivity contribution in [2.45, 2.75) is 18.9 Å². The summed E-state index contributed by atoms with van der Waals surface area (Å²) >= 11 is 6.15. The number of methoxy groups -OCH3 is 1. The third-order valence-electron chi connectivity index (χ3n) is 3.28. The van der Waals surface area contributed by atoms with Gasteiger partial charge in [-0.1, -0.05) is 11.6 Å². The molecule has 0 spiro atoms. The van der Waals surface area contributed by atoms with E-state index >= 15 is 0 Å². The van der Waals surface area contributed by atoms with Gasteiger partial charge in [0.2, 0.25) is 0 Å². The Morgan fingerprint density at radius 2 is 2.30 bits per heavy atom. The molecule has 112 valence electrons. The number of halogens is 1. The maximum atomic E-state index is 6.15. The van der Waals surface area contributed by atoms with Crippen LogP contribution in [0, 0.1) is 0 Å². The van der Waals surface area contributed by atoms with Crippen molar-refractivity contribution in [3.05, 3.63) is 28.3 Å². The molecule has 0 amide bonds. The molecule has 5 nitrogen and oxygen atoms in total. The first-order valence-corrected chi connectivity index (χ1v) is 7.09. The van der Waals surface area contributed by atoms with Crippen molar-refractivity contribution in [1.29, 1.82) is 0 Å². The first-order valence-electron chi connectivity index (χ1n) is 6.71. The number of fused-ring (bicyclic) bond motifs is 1. The monoisotopic (exact) mass is 300 g/mol. The highest BCUT2D eigenvalue weighted by Gasteiger charge is 2.20. The van der Waals surface area contributed by atoms with Gasteiger partial charge in [0, 0.05) is 24.6 Å². The fourth-order valence-corrected chi connectivity index (χ4v) is 2.56. The van der Waals surface area contributed by atoms with Gasteiger partial charge >= 0.3 is 0 Å². The minimum atomic E-state index is 0.0126. The fraction of sp³-hybridized carbons (Fsp3) is 0.571. The highest BCUT2D eigenvalue weighted by molar-refractivity contribution is 6.30. The molecular formula is C14H21ClN2O3. The molecule has 0 saturated heterocycles. The predicted molar refractivity (Wildman–Crippen MR) is 78.2 cm³/mol. The van der Waals surface area contributed by atoms with Gasteiger partial charge < -0.3 is 14.2 Å². The van der Waals surface area contributed by atoms with E-state index in [1.54, 1.807) is 7.11 Å². The van der Waals surface area contributed by atoms with E-state index in [1.165, 1.54) is 5.56 Å². The first-order chi connectivity index (χ1) is 9.74. The van der Waals surface area contributed by atoms with E-state index in [1.807, 2.05) is 12.1 Å². The third kappa shape index (κ3) is 4.07. The minimum absolute atomic E-state index is 0.0126. The van der Waals surface area contributed by atoms with Gasteiger partial charge in [-0.25, -0.2) is 0 Å². The summed E-state index contributed by atoms with van der Waals surface area (Å²) in [7, 11) is 1.65. The van der Waals surface area contributed by atoms with Gasteiger partial charge in [0.1, 0.15) is 5.75 Å². The van der Waals surface area contributed by atoms with Crippen molar-refractivity contribution in [3.8, 4) is 5.75 Å². The Balaban J connectivity index is 1.97. The molecule has 1 aromatic carbocycles. The van der Waals surface area contributed by atoms with Crippen LogP contribution in [0.2, 0.25) is 5.02 Å². The van der Waals surface area contributed by atoms with E-state index < -0.39 is 0 Å². The van der Waals surface area contributed by atoms with E-state index in [0.717, 1.165) is 22.8 Å². The van der Waals surface area contributed by atoms with Gasteiger partial charge in [0.05, 0.1) is 26.4 Å². The average molecular weight is 301 g/mol. The van der Waals surface area contributed by atoms with Gasteiger partial charge in [-0.3, -0.25) is 11.3 Å². The Morgan fingerprint density at radius 1 is 1.45 bits per heavy atom. The summed E-state index contributed by atoms with van der Waals surface area (Å²) < 4.78 is 16.1. The van der Waals surface area contributed by atoms with Crippen molar-refractivity contribution < 1.29 is 14.2 Å². The van der Waals surface area contributed by atoms with Crippen molar-refractivity contribution in [1.82, 2.24) is 5.43 Å². The molecule has 0 fully saturated rings. The molecule has 2 rings (SSSR count). The van der Waals surface area contributed by atoms with Gasteiger partial charge in [-0.05, 0) is 29.7 Å². The Kier molecular flexibility index (Phi) is 6.06. The Hall–Kier alpha value is -0.850. The summed E-state index contributed by atoms with van der Waals surface area (Å²) in [6.45, 7) is 2.36. The molecule has 1 heterocycles. The zero-order chi connectivity index (χ0) is 14.4. The number of nitrogens with two attached hydrogens (primary N) is 1. The first kappa shape index (κ1) is 15.5. The van der Waals surface area contributed by atoms with Crippen LogP contribution in [0.15, 0.2) is 12.1 Å². The van der Waals surface area contributed by atoms with Crippen molar-refractivity contribution in [2.24, 2.45) is 5.84 Å². The highest BCUT2D eigenvalue weighted by Crippen LogP contribution is 2.33. The van der Waals surface area contributed by atoms with E-state index in [9.17, 15) is 0 Å². The number of hydrogen-bond donors (Lipinski definition) is 2. The molecule has 20 heavy (non-hydrogen) atoms. The maximum Gasteiger partial charge on any atom is 0.125 e. The van der Waals surface area contributed by atoms with E-state index in [0.29, 0.717) is 32.8 Å². The fourth-order valence-electron chi connectivity index (χ4n) is 2.30. The molecular weight excluding hydrogens is 280 g/mol. The van der Waals surface area contributed by atoms with Crippen LogP contribution in [-0.2, 0) is 22.3 Å². The Bertz CT molecular complexity index is 443. The maximum absolute atomic E-state index is 6.15. The largest absolute Gasteiger partial charge is 0.493 e. The number of ether oxygens (including phenoxy) is 3. The smallest absolute Gasteiger partial charge is 0.125 e. The zero-order valence-electron chi connectivity index (χ0n) is 11.7. The second kappa shape index (κ2) is 7.81. The molecule has 6 heteroatoms. The lowest BCUT2D eigenvalue weighted by Gasteiger charge is -2.18. The number of nitrogens with one attached hydrogen (secondary N) is 1. The molecule has 0 bridgehead atoms. The van der Waals surface area contributed by atoms with Crippen LogP contribution in [0.4, 0.5) is 0 Å². The average Bonchev–Trinajstić information content (AvgIpc) is 2.90. The van der Waals surface area contributed by atoms with Crippen LogP contribution in [0.25, 0.3) is 0 Å². The minimum Gasteiger partial charge on any atom is -0.493 e. The third-order valence-corrected chi connectivity index (χ3v) is 3.50. The molecule has 1 unspecified atom stereocenters. The van der Waals surface area contributed by atoms with Crippen molar-refractivity contribution in [2.75, 3.05) is 33.5 Å². The standard InChI is InChI=1S/C14H21ClN2O3/c1-18-4-5-19-9-13(17-16)8-11-7-12(15)6-10-2-3-20-14(10)11/h6-7,13,17H,2-5,8-9,16H2,1H3. The van der Waals surface area contributed by atoms with Crippen molar-refractivity contribution >= 4 is 11.6 Å². The molecule has 1 atom stereocenters. The summed E-state index contributed by atoms with van der Waals surface area (Å²) in [6.07, 6.45) is 1.63. The molecule has 1 aromatic rings. The lowest BCUT2D eigenvalue weighted by atomic mass is 10.0. The van der Waals surface area contributed by atoms with Crippen LogP contribution in [-0.4, -0.2) is 39.6 Å². The van der Waals surface area contributed by atoms with Gasteiger partial charge in [-0.15, -0.1) is 0 Å². The molecule has 0 saturated carbocycles. The van der Waals surface area contributed by atoms with E-state index in [-0.39, 0.29) is 6.04 Å². The number of hydrogen-bond acceptors (Lipinski definition) is 5. The van der Waals surface area contributed by atoms with Gasteiger partial charge in [-0.2, -0.15) is 0 Å². The normalized spacial score (nSPS) is 14.9. The Morgan fingerprint density at radius 3 is 3.05 bits per heavy atom. The lowest BCUT2D eigenvalue weighted by molar-refractivity contribution is 0.0586. The van der Waals surface area contributed by atoms with Crippen molar-refractivity contribution in [3.63, 3.8) is 0 Å². The van der Waals surface area contributed by atoms with Crippen LogP contribution in [0.1, 0.15) is 11.1 Å². The SMILES string of the molecule is COCCOCC(Cc1cc(Cl)cc2c1OCC2)NN. The molecule has 3 N–H and O–H groups in total. The molecule has 0 aromatic heterocycles. The van der Waals surface area contributed by atoms with E-state index in [4.69, 9.17) is 31.7 Å². The van der Waals surface area contributed by atoms with Crippen LogP contribution < -0.4 is 16.0 Å². The summed E-state index contributed by atoms with van der Waals surface area (Å²) in [6, 6.07) is 3.91. The zero-order valence-corrected chi connectivity index (χ0v) is 12.4. The molecule has 0 radical (unpaired) electrons. The van der Waals surface area contributed by atoms with Crippen LogP contribution in [0.5, 0.6) is 5.75 Å². The topological polar surface area (TPSA) is 65.7 Å². The number of benzene rings is 1. The predicted octanol–water partition coefficient (Wildman–Crippen LogP) is 1.31.